The molecule has 0 aliphatic heterocycles. The van der Waals surface area contributed by atoms with Crippen molar-refractivity contribution in [3.63, 3.8) is 0 Å². The standard InChI is InChI=1S/C21H17F3N4OS/c22-21(23,24)16-13-7-2-1-3-8-14(13)28-20-15(16)17(26)18(30-20)19(29)27-12-6-4-5-11(9-12)10-25/h4-6,9H,1-3,7-8,26H2,(H,27,29). The molecule has 30 heavy (non-hydrogen) atoms. The number of pyridine rings is 1. The number of rotatable bonds is 2. The maximum absolute atomic E-state index is 14.0. The number of carbonyl (C=O) groups excluding carboxylic acids is 1. The second kappa shape index (κ2) is 7.61. The lowest BCUT2D eigenvalue weighted by molar-refractivity contribution is -0.136. The van der Waals surface area contributed by atoms with Gasteiger partial charge in [0, 0.05) is 16.8 Å². The number of nitrogen functional groups attached to an aromatic ring is 1. The third-order valence-electron chi connectivity index (χ3n) is 5.14. The number of halogens is 3. The zero-order chi connectivity index (χ0) is 21.5. The van der Waals surface area contributed by atoms with Gasteiger partial charge in [0.1, 0.15) is 9.71 Å². The van der Waals surface area contributed by atoms with Gasteiger partial charge in [-0.1, -0.05) is 12.5 Å². The fourth-order valence-corrected chi connectivity index (χ4v) is 4.84. The lowest BCUT2D eigenvalue weighted by atomic mass is 9.98. The van der Waals surface area contributed by atoms with Crippen molar-refractivity contribution in [2.45, 2.75) is 38.3 Å². The van der Waals surface area contributed by atoms with Crippen molar-refractivity contribution in [3.05, 3.63) is 51.5 Å². The Morgan fingerprint density at radius 1 is 1.23 bits per heavy atom. The molecule has 0 saturated heterocycles. The number of nitrogens with zero attached hydrogens (tertiary/aromatic N) is 2. The van der Waals surface area contributed by atoms with E-state index in [1.807, 2.05) is 6.07 Å². The number of aryl methyl sites for hydroxylation is 1. The summed E-state index contributed by atoms with van der Waals surface area (Å²) in [6.07, 6.45) is -1.52. The molecule has 3 aromatic rings. The third kappa shape index (κ3) is 3.59. The van der Waals surface area contributed by atoms with Gasteiger partial charge in [-0.2, -0.15) is 18.4 Å². The number of hydrogen-bond acceptors (Lipinski definition) is 5. The number of aromatic nitrogens is 1. The van der Waals surface area contributed by atoms with Crippen LogP contribution in [-0.2, 0) is 19.0 Å². The van der Waals surface area contributed by atoms with E-state index in [-0.39, 0.29) is 26.3 Å². The SMILES string of the molecule is N#Cc1cccc(NC(=O)c2sc3nc4c(c(C(F)(F)F)c3c2N)CCCCC4)c1. The van der Waals surface area contributed by atoms with Crippen LogP contribution in [0.2, 0.25) is 0 Å². The number of fused-ring (bicyclic) bond motifs is 2. The molecule has 0 saturated carbocycles. The molecule has 154 valence electrons. The predicted molar refractivity (Wildman–Crippen MR) is 109 cm³/mol. The highest BCUT2D eigenvalue weighted by atomic mass is 32.1. The molecule has 3 N–H and O–H groups in total. The second-order valence-corrected chi connectivity index (χ2v) is 8.14. The first kappa shape index (κ1) is 20.2. The zero-order valence-electron chi connectivity index (χ0n) is 15.8. The fourth-order valence-electron chi connectivity index (χ4n) is 3.82. The van der Waals surface area contributed by atoms with Gasteiger partial charge in [0.05, 0.1) is 22.9 Å². The zero-order valence-corrected chi connectivity index (χ0v) is 16.6. The van der Waals surface area contributed by atoms with Gasteiger partial charge in [0.25, 0.3) is 5.91 Å². The molecule has 0 radical (unpaired) electrons. The van der Waals surface area contributed by atoms with Crippen molar-refractivity contribution in [1.29, 1.82) is 5.26 Å². The molecule has 1 aliphatic rings. The average molecular weight is 430 g/mol. The number of hydrogen-bond donors (Lipinski definition) is 2. The number of thiophene rings is 1. The Hall–Kier alpha value is -3.12. The number of alkyl halides is 3. The van der Waals surface area contributed by atoms with Crippen LogP contribution in [0.3, 0.4) is 0 Å². The summed E-state index contributed by atoms with van der Waals surface area (Å²) in [5, 5.41) is 11.4. The highest BCUT2D eigenvalue weighted by Gasteiger charge is 2.39. The quantitative estimate of drug-likeness (QED) is 0.541. The molecular weight excluding hydrogens is 413 g/mol. The highest BCUT2D eigenvalue weighted by Crippen LogP contribution is 2.45. The monoisotopic (exact) mass is 430 g/mol. The number of amides is 1. The van der Waals surface area contributed by atoms with Crippen LogP contribution in [0.15, 0.2) is 24.3 Å². The molecule has 1 aromatic carbocycles. The molecule has 2 aromatic heterocycles. The Bertz CT molecular complexity index is 1190. The molecule has 0 atom stereocenters. The van der Waals surface area contributed by atoms with E-state index in [0.29, 0.717) is 36.2 Å². The van der Waals surface area contributed by atoms with E-state index in [2.05, 4.69) is 10.3 Å². The summed E-state index contributed by atoms with van der Waals surface area (Å²) in [7, 11) is 0. The largest absolute Gasteiger partial charge is 0.417 e. The van der Waals surface area contributed by atoms with Crippen LogP contribution in [0.4, 0.5) is 24.5 Å². The molecule has 0 unspecified atom stereocenters. The minimum atomic E-state index is -4.60. The van der Waals surface area contributed by atoms with Crippen LogP contribution < -0.4 is 11.1 Å². The number of nitrogens with one attached hydrogen (secondary N) is 1. The van der Waals surface area contributed by atoms with Crippen LogP contribution in [0.1, 0.15) is 51.3 Å². The highest BCUT2D eigenvalue weighted by molar-refractivity contribution is 7.21. The maximum atomic E-state index is 14.0. The van der Waals surface area contributed by atoms with Crippen molar-refractivity contribution in [2.75, 3.05) is 11.1 Å². The Morgan fingerprint density at radius 3 is 2.73 bits per heavy atom. The summed E-state index contributed by atoms with van der Waals surface area (Å²) < 4.78 is 42.1. The molecule has 0 fully saturated rings. The van der Waals surface area contributed by atoms with Gasteiger partial charge in [0.2, 0.25) is 0 Å². The van der Waals surface area contributed by atoms with Crippen molar-refractivity contribution in [2.24, 2.45) is 0 Å². The number of benzene rings is 1. The normalized spacial score (nSPS) is 14.1. The molecule has 2 heterocycles. The van der Waals surface area contributed by atoms with Crippen molar-refractivity contribution >= 4 is 38.8 Å². The van der Waals surface area contributed by atoms with E-state index in [1.54, 1.807) is 18.2 Å². The predicted octanol–water partition coefficient (Wildman–Crippen LogP) is 5.29. The van der Waals surface area contributed by atoms with Crippen molar-refractivity contribution in [1.82, 2.24) is 4.98 Å². The fraction of sp³-hybridized carbons (Fsp3) is 0.286. The van der Waals surface area contributed by atoms with Gasteiger partial charge in [-0.3, -0.25) is 4.79 Å². The van der Waals surface area contributed by atoms with E-state index in [4.69, 9.17) is 11.0 Å². The molecule has 0 bridgehead atoms. The van der Waals surface area contributed by atoms with Gasteiger partial charge in [0.15, 0.2) is 0 Å². The second-order valence-electron chi connectivity index (χ2n) is 7.14. The third-order valence-corrected chi connectivity index (χ3v) is 6.24. The molecule has 1 amide bonds. The first-order valence-electron chi connectivity index (χ1n) is 9.42. The number of anilines is 2. The van der Waals surface area contributed by atoms with E-state index in [1.165, 1.54) is 6.07 Å². The number of carbonyl (C=O) groups is 1. The lowest BCUT2D eigenvalue weighted by Gasteiger charge is -2.16. The maximum Gasteiger partial charge on any atom is 0.417 e. The Morgan fingerprint density at radius 2 is 2.00 bits per heavy atom. The number of nitriles is 1. The molecule has 5 nitrogen and oxygen atoms in total. The van der Waals surface area contributed by atoms with Gasteiger partial charge >= 0.3 is 6.18 Å². The van der Waals surface area contributed by atoms with Crippen LogP contribution in [0, 0.1) is 11.3 Å². The first-order valence-corrected chi connectivity index (χ1v) is 10.2. The molecular formula is C21H17F3N4OS. The minimum absolute atomic E-state index is 0.0227. The molecule has 9 heteroatoms. The van der Waals surface area contributed by atoms with Gasteiger partial charge in [-0.25, -0.2) is 4.98 Å². The van der Waals surface area contributed by atoms with E-state index in [0.717, 1.165) is 24.2 Å². The van der Waals surface area contributed by atoms with Crippen LogP contribution in [0.25, 0.3) is 10.2 Å². The topological polar surface area (TPSA) is 91.8 Å². The van der Waals surface area contributed by atoms with Gasteiger partial charge in [-0.05, 0) is 49.4 Å². The summed E-state index contributed by atoms with van der Waals surface area (Å²) in [6, 6.07) is 8.21. The smallest absolute Gasteiger partial charge is 0.397 e. The summed E-state index contributed by atoms with van der Waals surface area (Å²) in [6.45, 7) is 0. The van der Waals surface area contributed by atoms with Gasteiger partial charge in [-0.15, -0.1) is 11.3 Å². The summed E-state index contributed by atoms with van der Waals surface area (Å²) in [5.74, 6) is -0.631. The first-order chi connectivity index (χ1) is 14.3. The Kier molecular flexibility index (Phi) is 5.12. The van der Waals surface area contributed by atoms with Gasteiger partial charge < -0.3 is 11.1 Å². The number of nitrogens with two attached hydrogens (primary N) is 1. The van der Waals surface area contributed by atoms with E-state index < -0.39 is 17.6 Å². The minimum Gasteiger partial charge on any atom is -0.397 e. The Balaban J connectivity index is 1.84. The molecule has 0 spiro atoms. The lowest BCUT2D eigenvalue weighted by Crippen LogP contribution is -2.14. The van der Waals surface area contributed by atoms with Crippen LogP contribution in [-0.4, -0.2) is 10.9 Å². The Labute approximate surface area is 174 Å². The molecule has 4 rings (SSSR count). The van der Waals surface area contributed by atoms with E-state index in [9.17, 15) is 18.0 Å². The van der Waals surface area contributed by atoms with E-state index >= 15 is 0 Å². The van der Waals surface area contributed by atoms with Crippen molar-refractivity contribution in [3.8, 4) is 6.07 Å². The van der Waals surface area contributed by atoms with Crippen molar-refractivity contribution < 1.29 is 18.0 Å². The summed E-state index contributed by atoms with van der Waals surface area (Å²) >= 11 is 0.858. The average Bonchev–Trinajstić information content (AvgIpc) is 2.87. The van der Waals surface area contributed by atoms with Crippen LogP contribution >= 0.6 is 11.3 Å². The molecule has 1 aliphatic carbocycles. The van der Waals surface area contributed by atoms with Crippen LogP contribution in [0.5, 0.6) is 0 Å². The summed E-state index contributed by atoms with van der Waals surface area (Å²) in [4.78, 5) is 17.3. The summed E-state index contributed by atoms with van der Waals surface area (Å²) in [5.41, 5.74) is 6.46.